The fraction of sp³-hybridized carbons (Fsp3) is 0.727. The molecule has 0 saturated carbocycles. The van der Waals surface area contributed by atoms with E-state index in [-0.39, 0.29) is 53.8 Å². The second-order valence-corrected chi connectivity index (χ2v) is 17.2. The van der Waals surface area contributed by atoms with Crippen LogP contribution in [0.15, 0.2) is 24.3 Å². The van der Waals surface area contributed by atoms with Gasteiger partial charge in [-0.2, -0.15) is 0 Å². The number of likely N-dealkylation sites (tertiary alicyclic amines) is 1. The van der Waals surface area contributed by atoms with Gasteiger partial charge in [-0.3, -0.25) is 33.7 Å². The molecule has 0 bridgehead atoms. The number of nitrogens with one attached hydrogen (secondary N) is 3. The van der Waals surface area contributed by atoms with Crippen molar-refractivity contribution < 1.29 is 38.2 Å². The van der Waals surface area contributed by atoms with Crippen molar-refractivity contribution in [2.24, 2.45) is 23.5 Å². The van der Waals surface area contributed by atoms with Crippen molar-refractivity contribution in [1.82, 2.24) is 30.2 Å². The molecule has 0 aliphatic carbocycles. The van der Waals surface area contributed by atoms with Gasteiger partial charge in [-0.15, -0.1) is 0 Å². The number of benzene rings is 1. The zero-order chi connectivity index (χ0) is 45.6. The van der Waals surface area contributed by atoms with Gasteiger partial charge < -0.3 is 45.9 Å². The molecule has 340 valence electrons. The summed E-state index contributed by atoms with van der Waals surface area (Å²) in [5.41, 5.74) is 7.07. The van der Waals surface area contributed by atoms with Crippen LogP contribution in [-0.4, -0.2) is 159 Å². The molecule has 5 N–H and O–H groups in total. The van der Waals surface area contributed by atoms with E-state index in [2.05, 4.69) is 16.0 Å². The Balaban J connectivity index is 2.17. The van der Waals surface area contributed by atoms with Gasteiger partial charge in [0, 0.05) is 47.1 Å². The number of nitrogens with zero attached hydrogens (tertiary/aromatic N) is 4. The molecule has 0 radical (unpaired) electrons. The Hall–Kier alpha value is -4.12. The average molecular weight is 845 g/mol. The summed E-state index contributed by atoms with van der Waals surface area (Å²) in [5, 5.41) is 8.36. The maximum atomic E-state index is 14.3. The van der Waals surface area contributed by atoms with E-state index in [4.69, 9.17) is 15.2 Å². The molecule has 6 amide bonds. The molecule has 0 spiro atoms. The predicted molar refractivity (Wildman–Crippen MR) is 234 cm³/mol. The normalized spacial score (nSPS) is 18.7. The molecule has 1 aliphatic heterocycles. The van der Waals surface area contributed by atoms with Crippen LogP contribution in [0.1, 0.15) is 86.6 Å². The quantitative estimate of drug-likeness (QED) is 0.127. The monoisotopic (exact) mass is 845 g/mol. The molecule has 1 fully saturated rings. The minimum absolute atomic E-state index is 0.0225. The highest BCUT2D eigenvalue weighted by molar-refractivity contribution is 5.97. The van der Waals surface area contributed by atoms with Gasteiger partial charge in [0.05, 0.1) is 48.7 Å². The summed E-state index contributed by atoms with van der Waals surface area (Å²) in [6.45, 7) is 15.5. The number of ether oxygens (including phenoxy) is 2. The fourth-order valence-electron chi connectivity index (χ4n) is 7.76. The van der Waals surface area contributed by atoms with E-state index in [1.165, 1.54) is 0 Å². The maximum Gasteiger partial charge on any atom is 0.246 e. The number of carbonyl (C=O) groups excluding carboxylic acids is 6. The van der Waals surface area contributed by atoms with Crippen molar-refractivity contribution >= 4 is 41.1 Å². The molecule has 0 aromatic heterocycles. The van der Waals surface area contributed by atoms with Crippen LogP contribution in [0, 0.1) is 17.8 Å². The van der Waals surface area contributed by atoms with Crippen LogP contribution in [0.2, 0.25) is 0 Å². The summed E-state index contributed by atoms with van der Waals surface area (Å²) in [6.07, 6.45) is 1.50. The Morgan fingerprint density at radius 2 is 1.53 bits per heavy atom. The second-order valence-electron chi connectivity index (χ2n) is 17.2. The molecule has 1 aromatic rings. The van der Waals surface area contributed by atoms with Crippen LogP contribution in [0.3, 0.4) is 0 Å². The summed E-state index contributed by atoms with van der Waals surface area (Å²) in [5.74, 6) is -2.32. The minimum atomic E-state index is -0.778. The van der Waals surface area contributed by atoms with Crippen molar-refractivity contribution in [3.63, 3.8) is 0 Å². The molecule has 10 atom stereocenters. The first-order valence-electron chi connectivity index (χ1n) is 21.4. The first-order chi connectivity index (χ1) is 28.1. The van der Waals surface area contributed by atoms with Crippen molar-refractivity contribution in [1.29, 1.82) is 0 Å². The van der Waals surface area contributed by atoms with Crippen LogP contribution < -0.4 is 21.7 Å². The van der Waals surface area contributed by atoms with Gasteiger partial charge in [-0.25, -0.2) is 0 Å². The third-order valence-electron chi connectivity index (χ3n) is 12.1. The third kappa shape index (κ3) is 14.2. The van der Waals surface area contributed by atoms with E-state index in [0.29, 0.717) is 31.6 Å². The fourth-order valence-corrected chi connectivity index (χ4v) is 7.76. The van der Waals surface area contributed by atoms with E-state index in [9.17, 15) is 28.8 Å². The number of carbonyl (C=O) groups is 6. The van der Waals surface area contributed by atoms with Gasteiger partial charge in [-0.05, 0) is 83.7 Å². The number of hydrogen-bond acceptors (Lipinski definition) is 10. The largest absolute Gasteiger partial charge is 0.379 e. The Morgan fingerprint density at radius 3 is 2.08 bits per heavy atom. The number of hydrogen-bond donors (Lipinski definition) is 4. The van der Waals surface area contributed by atoms with Crippen molar-refractivity contribution in [2.45, 2.75) is 136 Å². The van der Waals surface area contributed by atoms with Crippen LogP contribution in [-0.2, 0) is 44.7 Å². The van der Waals surface area contributed by atoms with Gasteiger partial charge in [-0.1, -0.05) is 53.2 Å². The zero-order valence-corrected chi connectivity index (χ0v) is 38.7. The summed E-state index contributed by atoms with van der Waals surface area (Å²) in [7, 11) is 10.2. The molecular weight excluding hydrogens is 769 g/mol. The molecule has 1 aromatic carbocycles. The second kappa shape index (κ2) is 24.4. The topological polar surface area (TPSA) is 196 Å². The van der Waals surface area contributed by atoms with Crippen LogP contribution >= 0.6 is 0 Å². The molecular formula is C44H76N8O8. The third-order valence-corrected chi connectivity index (χ3v) is 12.1. The van der Waals surface area contributed by atoms with Gasteiger partial charge in [0.25, 0.3) is 0 Å². The van der Waals surface area contributed by atoms with E-state index in [1.807, 2.05) is 71.8 Å². The lowest BCUT2D eigenvalue weighted by Gasteiger charge is -2.41. The van der Waals surface area contributed by atoms with Gasteiger partial charge in [0.1, 0.15) is 12.1 Å². The van der Waals surface area contributed by atoms with Crippen molar-refractivity contribution in [2.75, 3.05) is 60.8 Å². The Morgan fingerprint density at radius 1 is 0.883 bits per heavy atom. The average Bonchev–Trinajstić information content (AvgIpc) is 3.70. The molecule has 1 saturated heterocycles. The van der Waals surface area contributed by atoms with E-state index in [0.717, 1.165) is 18.4 Å². The first kappa shape index (κ1) is 52.0. The SMILES string of the molecule is CCC(C)C(C(CC(=O)N1CCC[C@H]1C(OC)C(C)C(=O)N(C)CCc1cccc(NC(=O)C(C)NC(=O)C(C)N)c1)OC)N(C)C(=O)C(NC(=O)C(C)N(C)C)C(C)C. The van der Waals surface area contributed by atoms with Crippen molar-refractivity contribution in [3.05, 3.63) is 29.8 Å². The van der Waals surface area contributed by atoms with Gasteiger partial charge >= 0.3 is 0 Å². The highest BCUT2D eigenvalue weighted by Crippen LogP contribution is 2.30. The van der Waals surface area contributed by atoms with E-state index in [1.54, 1.807) is 69.9 Å². The van der Waals surface area contributed by atoms with Gasteiger partial charge in [0.15, 0.2) is 0 Å². The smallest absolute Gasteiger partial charge is 0.246 e. The highest BCUT2D eigenvalue weighted by atomic mass is 16.5. The Bertz CT molecular complexity index is 1590. The zero-order valence-electron chi connectivity index (χ0n) is 38.7. The van der Waals surface area contributed by atoms with E-state index < -0.39 is 54.2 Å². The van der Waals surface area contributed by atoms with Crippen LogP contribution in [0.4, 0.5) is 5.69 Å². The molecule has 60 heavy (non-hydrogen) atoms. The number of anilines is 1. The molecule has 9 unspecified atom stereocenters. The Kier molecular flexibility index (Phi) is 21.1. The number of rotatable bonds is 23. The molecule has 1 aliphatic rings. The lowest BCUT2D eigenvalue weighted by atomic mass is 9.89. The minimum Gasteiger partial charge on any atom is -0.379 e. The maximum absolute atomic E-state index is 14.3. The standard InChI is InChI=1S/C44H76N8O8/c1-15-27(4)38(51(12)44(58)37(26(2)3)48-42(56)31(8)49(9)10)35(59-13)25-36(53)52-22-17-20-34(52)39(60-14)28(5)43(57)50(11)23-21-32-18-16-19-33(24-32)47-41(55)30(7)46-40(54)29(6)45/h16,18-19,24,26-31,34-35,37-39H,15,17,20-23,25,45H2,1-14H3,(H,46,54)(H,47,55)(H,48,56)/t27?,28?,29?,30?,31?,34-,35?,37?,38?,39?/m0/s1. The lowest BCUT2D eigenvalue weighted by Crippen LogP contribution is -2.59. The highest BCUT2D eigenvalue weighted by Gasteiger charge is 2.43. The van der Waals surface area contributed by atoms with Crippen molar-refractivity contribution in [3.8, 4) is 0 Å². The lowest BCUT2D eigenvalue weighted by molar-refractivity contribution is -0.149. The molecule has 16 nitrogen and oxygen atoms in total. The summed E-state index contributed by atoms with van der Waals surface area (Å²) < 4.78 is 12.0. The first-order valence-corrected chi connectivity index (χ1v) is 21.4. The van der Waals surface area contributed by atoms with Crippen LogP contribution in [0.25, 0.3) is 0 Å². The number of likely N-dealkylation sites (N-methyl/N-ethyl adjacent to an activating group) is 3. The number of amides is 6. The predicted octanol–water partition coefficient (Wildman–Crippen LogP) is 2.49. The van der Waals surface area contributed by atoms with Crippen LogP contribution in [0.5, 0.6) is 0 Å². The summed E-state index contributed by atoms with van der Waals surface area (Å²) >= 11 is 0. The van der Waals surface area contributed by atoms with Gasteiger partial charge in [0.2, 0.25) is 35.4 Å². The number of nitrogens with two attached hydrogens (primary N) is 1. The summed E-state index contributed by atoms with van der Waals surface area (Å²) in [6, 6.07) is 3.83. The molecule has 16 heteroatoms. The van der Waals surface area contributed by atoms with E-state index >= 15 is 0 Å². The molecule has 1 heterocycles. The summed E-state index contributed by atoms with van der Waals surface area (Å²) in [4.78, 5) is 86.8. The molecule has 2 rings (SSSR count). The number of methoxy groups -OCH3 is 2. The Labute approximate surface area is 359 Å².